The van der Waals surface area contributed by atoms with Crippen LogP contribution in [0.25, 0.3) is 0 Å². The van der Waals surface area contributed by atoms with Crippen LogP contribution in [-0.4, -0.2) is 56.2 Å². The fourth-order valence-corrected chi connectivity index (χ4v) is 2.70. The zero-order chi connectivity index (χ0) is 16.8. The number of hydrogen-bond acceptors (Lipinski definition) is 4. The number of carbonyl (C=O) groups excluding carboxylic acids is 2. The highest BCUT2D eigenvalue weighted by atomic mass is 16.5. The smallest absolute Gasteiger partial charge is 0.325 e. The minimum Gasteiger partial charge on any atom is -0.465 e. The van der Waals surface area contributed by atoms with E-state index in [-0.39, 0.29) is 12.6 Å². The molecule has 0 aliphatic carbocycles. The van der Waals surface area contributed by atoms with Gasteiger partial charge in [-0.1, -0.05) is 12.1 Å². The molecule has 0 atom stereocenters. The molecule has 0 saturated carbocycles. The van der Waals surface area contributed by atoms with E-state index in [9.17, 15) is 9.59 Å². The van der Waals surface area contributed by atoms with Crippen molar-refractivity contribution in [2.75, 3.05) is 44.2 Å². The van der Waals surface area contributed by atoms with Gasteiger partial charge in [-0.3, -0.25) is 4.79 Å². The Bertz CT molecular complexity index is 566. The highest BCUT2D eigenvalue weighted by Gasteiger charge is 2.22. The molecule has 23 heavy (non-hydrogen) atoms. The lowest BCUT2D eigenvalue weighted by Crippen LogP contribution is -2.52. The fraction of sp³-hybridized carbons (Fsp3) is 0.529. The summed E-state index contributed by atoms with van der Waals surface area (Å²) in [6, 6.07) is 6.09. The summed E-state index contributed by atoms with van der Waals surface area (Å²) in [5.74, 6) is -0.408. The number of benzene rings is 1. The summed E-state index contributed by atoms with van der Waals surface area (Å²) < 4.78 is 4.80. The van der Waals surface area contributed by atoms with Crippen molar-refractivity contribution < 1.29 is 14.3 Å². The topological polar surface area (TPSA) is 61.9 Å². The molecule has 6 nitrogen and oxygen atoms in total. The van der Waals surface area contributed by atoms with Crippen LogP contribution in [0.4, 0.5) is 10.5 Å². The molecule has 6 heteroatoms. The number of aryl methyl sites for hydroxylation is 1. The van der Waals surface area contributed by atoms with Gasteiger partial charge in [-0.25, -0.2) is 4.79 Å². The van der Waals surface area contributed by atoms with Crippen molar-refractivity contribution in [3.63, 3.8) is 0 Å². The van der Waals surface area contributed by atoms with Crippen molar-refractivity contribution in [3.05, 3.63) is 29.3 Å². The quantitative estimate of drug-likeness (QED) is 0.858. The fourth-order valence-electron chi connectivity index (χ4n) is 2.70. The molecular formula is C17H25N3O3. The van der Waals surface area contributed by atoms with E-state index >= 15 is 0 Å². The predicted octanol–water partition coefficient (Wildman–Crippen LogP) is 1.70. The Balaban J connectivity index is 1.85. The second-order valence-electron chi connectivity index (χ2n) is 5.66. The van der Waals surface area contributed by atoms with Crippen LogP contribution in [0.5, 0.6) is 0 Å². The highest BCUT2D eigenvalue weighted by molar-refractivity contribution is 5.81. The standard InChI is InChI=1S/C17H25N3O3/c1-4-23-16(21)12-18-17(22)20-10-8-19(9-11-20)15-7-5-6-13(2)14(15)3/h5-7H,4,8-12H2,1-3H3,(H,18,22). The summed E-state index contributed by atoms with van der Waals surface area (Å²) >= 11 is 0. The Morgan fingerprint density at radius 3 is 2.52 bits per heavy atom. The summed E-state index contributed by atoms with van der Waals surface area (Å²) in [5, 5.41) is 2.61. The molecule has 2 rings (SSSR count). The van der Waals surface area contributed by atoms with E-state index in [1.54, 1.807) is 11.8 Å². The first-order chi connectivity index (χ1) is 11.0. The van der Waals surface area contributed by atoms with Crippen molar-refractivity contribution in [3.8, 4) is 0 Å². The van der Waals surface area contributed by atoms with Crippen molar-refractivity contribution in [1.82, 2.24) is 10.2 Å². The van der Waals surface area contributed by atoms with Gasteiger partial charge in [0.2, 0.25) is 0 Å². The van der Waals surface area contributed by atoms with Gasteiger partial charge in [0.1, 0.15) is 6.54 Å². The maximum Gasteiger partial charge on any atom is 0.325 e. The lowest BCUT2D eigenvalue weighted by molar-refractivity contribution is -0.141. The molecule has 1 aliphatic rings. The molecule has 0 aromatic heterocycles. The third-order valence-electron chi connectivity index (χ3n) is 4.17. The molecule has 1 saturated heterocycles. The molecule has 1 fully saturated rings. The molecular weight excluding hydrogens is 294 g/mol. The predicted molar refractivity (Wildman–Crippen MR) is 89.7 cm³/mol. The first-order valence-electron chi connectivity index (χ1n) is 8.02. The SMILES string of the molecule is CCOC(=O)CNC(=O)N1CCN(c2cccc(C)c2C)CC1. The number of urea groups is 1. The van der Waals surface area contributed by atoms with Crippen molar-refractivity contribution in [2.45, 2.75) is 20.8 Å². The van der Waals surface area contributed by atoms with Gasteiger partial charge in [-0.2, -0.15) is 0 Å². The van der Waals surface area contributed by atoms with Crippen LogP contribution < -0.4 is 10.2 Å². The summed E-state index contributed by atoms with van der Waals surface area (Å²) in [4.78, 5) is 27.4. The summed E-state index contributed by atoms with van der Waals surface area (Å²) in [7, 11) is 0. The van der Waals surface area contributed by atoms with Gasteiger partial charge in [0.05, 0.1) is 6.61 Å². The molecule has 0 spiro atoms. The van der Waals surface area contributed by atoms with Crippen LogP contribution in [0.15, 0.2) is 18.2 Å². The Kier molecular flexibility index (Phi) is 5.84. The molecule has 1 aromatic carbocycles. The Labute approximate surface area is 137 Å². The van der Waals surface area contributed by atoms with E-state index in [0.717, 1.165) is 13.1 Å². The number of anilines is 1. The largest absolute Gasteiger partial charge is 0.465 e. The number of esters is 1. The van der Waals surface area contributed by atoms with Crippen LogP contribution >= 0.6 is 0 Å². The van der Waals surface area contributed by atoms with Crippen molar-refractivity contribution >= 4 is 17.7 Å². The van der Waals surface area contributed by atoms with E-state index in [1.807, 2.05) is 0 Å². The number of ether oxygens (including phenoxy) is 1. The molecule has 1 aliphatic heterocycles. The van der Waals surface area contributed by atoms with Gasteiger partial charge in [0, 0.05) is 31.9 Å². The summed E-state index contributed by atoms with van der Waals surface area (Å²) in [6.45, 7) is 9.08. The van der Waals surface area contributed by atoms with Crippen LogP contribution in [0.3, 0.4) is 0 Å². The molecule has 126 valence electrons. The minimum absolute atomic E-state index is 0.0795. The Morgan fingerprint density at radius 1 is 1.17 bits per heavy atom. The third-order valence-corrected chi connectivity index (χ3v) is 4.17. The van der Waals surface area contributed by atoms with Crippen LogP contribution in [0.1, 0.15) is 18.1 Å². The molecule has 1 heterocycles. The van der Waals surface area contributed by atoms with E-state index < -0.39 is 5.97 Å². The number of nitrogens with one attached hydrogen (secondary N) is 1. The maximum absolute atomic E-state index is 12.1. The summed E-state index contributed by atoms with van der Waals surface area (Å²) in [5.41, 5.74) is 3.79. The normalized spacial score (nSPS) is 14.6. The molecule has 0 radical (unpaired) electrons. The molecule has 1 N–H and O–H groups in total. The van der Waals surface area contributed by atoms with Gasteiger partial charge in [-0.15, -0.1) is 0 Å². The van der Waals surface area contributed by atoms with Crippen LogP contribution in [0.2, 0.25) is 0 Å². The number of nitrogens with zero attached hydrogens (tertiary/aromatic N) is 2. The number of rotatable bonds is 4. The average molecular weight is 319 g/mol. The second kappa shape index (κ2) is 7.85. The average Bonchev–Trinajstić information content (AvgIpc) is 2.56. The van der Waals surface area contributed by atoms with Crippen molar-refractivity contribution in [1.29, 1.82) is 0 Å². The number of hydrogen-bond donors (Lipinski definition) is 1. The van der Waals surface area contributed by atoms with Crippen molar-refractivity contribution in [2.24, 2.45) is 0 Å². The molecule has 2 amide bonds. The van der Waals surface area contributed by atoms with Crippen LogP contribution in [-0.2, 0) is 9.53 Å². The monoisotopic (exact) mass is 319 g/mol. The number of piperazine rings is 1. The highest BCUT2D eigenvalue weighted by Crippen LogP contribution is 2.23. The number of amides is 2. The maximum atomic E-state index is 12.1. The lowest BCUT2D eigenvalue weighted by Gasteiger charge is -2.37. The molecule has 1 aromatic rings. The van der Waals surface area contributed by atoms with E-state index in [1.165, 1.54) is 16.8 Å². The molecule has 0 unspecified atom stereocenters. The van der Waals surface area contributed by atoms with E-state index in [4.69, 9.17) is 4.74 Å². The van der Waals surface area contributed by atoms with Gasteiger partial charge in [-0.05, 0) is 38.0 Å². The third kappa shape index (κ3) is 4.37. The minimum atomic E-state index is -0.408. The molecule has 0 bridgehead atoms. The van der Waals surface area contributed by atoms with E-state index in [2.05, 4.69) is 42.3 Å². The zero-order valence-electron chi connectivity index (χ0n) is 14.1. The van der Waals surface area contributed by atoms with Gasteiger partial charge < -0.3 is 19.9 Å². The van der Waals surface area contributed by atoms with E-state index in [0.29, 0.717) is 19.7 Å². The first-order valence-corrected chi connectivity index (χ1v) is 8.02. The Morgan fingerprint density at radius 2 is 1.87 bits per heavy atom. The lowest BCUT2D eigenvalue weighted by atomic mass is 10.1. The zero-order valence-corrected chi connectivity index (χ0v) is 14.1. The summed E-state index contributed by atoms with van der Waals surface area (Å²) in [6.07, 6.45) is 0. The number of carbonyl (C=O) groups is 2. The van der Waals surface area contributed by atoms with Gasteiger partial charge in [0.15, 0.2) is 0 Å². The van der Waals surface area contributed by atoms with Crippen LogP contribution in [0, 0.1) is 13.8 Å². The second-order valence-corrected chi connectivity index (χ2v) is 5.66. The van der Waals surface area contributed by atoms with Gasteiger partial charge >= 0.3 is 12.0 Å². The van der Waals surface area contributed by atoms with Gasteiger partial charge in [0.25, 0.3) is 0 Å². The first kappa shape index (κ1) is 17.1. The Hall–Kier alpha value is -2.24.